The topological polar surface area (TPSA) is 91.0 Å². The fourth-order valence-electron chi connectivity index (χ4n) is 6.61. The minimum absolute atomic E-state index is 0.120. The third kappa shape index (κ3) is 5.17. The molecule has 2 bridgehead atoms. The van der Waals surface area contributed by atoms with Gasteiger partial charge in [0.2, 0.25) is 17.7 Å². The number of anilines is 1. The van der Waals surface area contributed by atoms with E-state index in [0.717, 1.165) is 49.5 Å². The molecule has 206 valence electrons. The zero-order valence-corrected chi connectivity index (χ0v) is 23.9. The minimum atomic E-state index is -1.12. The van der Waals surface area contributed by atoms with Gasteiger partial charge in [-0.3, -0.25) is 14.4 Å². The summed E-state index contributed by atoms with van der Waals surface area (Å²) in [6.07, 6.45) is 10.7. The SMILES string of the molecule is CCCCN(C)CCN1C(=O)[C@@H]2[C@H](C(=O)Nc3ccc(Br)cc3)[C@@H]3C=C[C@@]2(O3)[C@@H]1C(=O)NC1CCCCC1. The van der Waals surface area contributed by atoms with Crippen molar-refractivity contribution in [1.29, 1.82) is 0 Å². The zero-order valence-electron chi connectivity index (χ0n) is 22.3. The molecule has 1 saturated carbocycles. The Hall–Kier alpha value is -2.23. The van der Waals surface area contributed by atoms with Crippen LogP contribution in [0.4, 0.5) is 5.69 Å². The van der Waals surface area contributed by atoms with Crippen molar-refractivity contribution in [2.45, 2.75) is 75.7 Å². The molecule has 8 nitrogen and oxygen atoms in total. The number of halogens is 1. The maximum atomic E-state index is 14.0. The third-order valence-corrected chi connectivity index (χ3v) is 9.13. The summed E-state index contributed by atoms with van der Waals surface area (Å²) in [7, 11) is 2.04. The molecule has 38 heavy (non-hydrogen) atoms. The molecule has 0 radical (unpaired) electrons. The summed E-state index contributed by atoms with van der Waals surface area (Å²) in [5.74, 6) is -2.00. The highest BCUT2D eigenvalue weighted by molar-refractivity contribution is 9.10. The summed E-state index contributed by atoms with van der Waals surface area (Å²) in [6, 6.07) is 6.69. The predicted octanol–water partition coefficient (Wildman–Crippen LogP) is 3.72. The van der Waals surface area contributed by atoms with Gasteiger partial charge in [0.25, 0.3) is 0 Å². The van der Waals surface area contributed by atoms with Crippen LogP contribution in [0.25, 0.3) is 0 Å². The molecular formula is C29H39BrN4O4. The van der Waals surface area contributed by atoms with Gasteiger partial charge in [0, 0.05) is 29.3 Å². The van der Waals surface area contributed by atoms with Gasteiger partial charge in [-0.1, -0.05) is 60.7 Å². The quantitative estimate of drug-likeness (QED) is 0.408. The van der Waals surface area contributed by atoms with Crippen LogP contribution in [0.2, 0.25) is 0 Å². The van der Waals surface area contributed by atoms with Gasteiger partial charge in [0.05, 0.1) is 17.9 Å². The number of rotatable bonds is 10. The number of carbonyl (C=O) groups excluding carboxylic acids is 3. The van der Waals surface area contributed by atoms with Gasteiger partial charge in [-0.05, 0) is 57.1 Å². The van der Waals surface area contributed by atoms with E-state index in [-0.39, 0.29) is 23.8 Å². The van der Waals surface area contributed by atoms with Crippen LogP contribution in [0.5, 0.6) is 0 Å². The second-order valence-corrected chi connectivity index (χ2v) is 12.1. The molecule has 3 amide bonds. The lowest BCUT2D eigenvalue weighted by Crippen LogP contribution is -2.57. The number of likely N-dealkylation sites (tertiary alicyclic amines) is 1. The summed E-state index contributed by atoms with van der Waals surface area (Å²) >= 11 is 3.42. The smallest absolute Gasteiger partial charge is 0.246 e. The average Bonchev–Trinajstić information content (AvgIpc) is 3.55. The number of hydrogen-bond acceptors (Lipinski definition) is 5. The lowest BCUT2D eigenvalue weighted by Gasteiger charge is -2.34. The summed E-state index contributed by atoms with van der Waals surface area (Å²) in [6.45, 7) is 4.17. The first-order valence-electron chi connectivity index (χ1n) is 14.1. The Balaban J connectivity index is 1.39. The van der Waals surface area contributed by atoms with Gasteiger partial charge >= 0.3 is 0 Å². The van der Waals surface area contributed by atoms with Crippen LogP contribution in [-0.2, 0) is 19.1 Å². The molecule has 4 aliphatic rings. The van der Waals surface area contributed by atoms with E-state index in [1.54, 1.807) is 4.90 Å². The second-order valence-electron chi connectivity index (χ2n) is 11.2. The molecule has 5 atom stereocenters. The normalized spacial score (nSPS) is 30.2. The van der Waals surface area contributed by atoms with Crippen LogP contribution < -0.4 is 10.6 Å². The van der Waals surface area contributed by atoms with Crippen molar-refractivity contribution in [3.05, 3.63) is 40.9 Å². The van der Waals surface area contributed by atoms with E-state index in [9.17, 15) is 14.4 Å². The fourth-order valence-corrected chi connectivity index (χ4v) is 6.88. The number of nitrogens with one attached hydrogen (secondary N) is 2. The van der Waals surface area contributed by atoms with Crippen LogP contribution in [0.15, 0.2) is 40.9 Å². The number of carbonyl (C=O) groups is 3. The molecule has 9 heteroatoms. The number of unbranched alkanes of at least 4 members (excludes halogenated alkanes) is 1. The molecular weight excluding hydrogens is 548 g/mol. The van der Waals surface area contributed by atoms with Crippen molar-refractivity contribution in [1.82, 2.24) is 15.1 Å². The maximum Gasteiger partial charge on any atom is 0.246 e. The van der Waals surface area contributed by atoms with Crippen molar-refractivity contribution in [3.8, 4) is 0 Å². The summed E-state index contributed by atoms with van der Waals surface area (Å²) in [5, 5.41) is 6.22. The van der Waals surface area contributed by atoms with Crippen molar-refractivity contribution in [2.24, 2.45) is 11.8 Å². The Morgan fingerprint density at radius 1 is 1.13 bits per heavy atom. The van der Waals surface area contributed by atoms with Gasteiger partial charge in [0.15, 0.2) is 0 Å². The van der Waals surface area contributed by atoms with E-state index in [0.29, 0.717) is 18.8 Å². The van der Waals surface area contributed by atoms with E-state index in [1.807, 2.05) is 43.5 Å². The number of ether oxygens (including phenoxy) is 1. The maximum absolute atomic E-state index is 14.0. The van der Waals surface area contributed by atoms with Gasteiger partial charge in [-0.2, -0.15) is 0 Å². The standard InChI is InChI=1S/C29H39BrN4O4/c1-3-4-16-33(2)17-18-34-25(27(36)32-20-8-6-5-7-9-20)29-15-14-22(38-29)23(24(29)28(34)37)26(35)31-21-12-10-19(30)11-13-21/h10-15,20,22-25H,3-9,16-18H2,1-2H3,(H,31,35)(H,32,36)/t22-,23+,24-,25-,29-/m0/s1. The number of amides is 3. The number of benzene rings is 1. The molecule has 1 spiro atoms. The lowest BCUT2D eigenvalue weighted by molar-refractivity contribution is -0.141. The molecule has 1 aliphatic carbocycles. The Morgan fingerprint density at radius 2 is 1.87 bits per heavy atom. The van der Waals surface area contributed by atoms with Gasteiger partial charge in [-0.25, -0.2) is 0 Å². The Bertz CT molecular complexity index is 1070. The molecule has 2 N–H and O–H groups in total. The van der Waals surface area contributed by atoms with E-state index in [2.05, 4.69) is 38.4 Å². The summed E-state index contributed by atoms with van der Waals surface area (Å²) < 4.78 is 7.37. The van der Waals surface area contributed by atoms with Crippen molar-refractivity contribution < 1.29 is 19.1 Å². The van der Waals surface area contributed by atoms with Crippen LogP contribution >= 0.6 is 15.9 Å². The molecule has 3 fully saturated rings. The number of nitrogens with zero attached hydrogens (tertiary/aromatic N) is 2. The van der Waals surface area contributed by atoms with E-state index < -0.39 is 29.6 Å². The Morgan fingerprint density at radius 3 is 2.58 bits per heavy atom. The second kappa shape index (κ2) is 11.5. The molecule has 1 aromatic carbocycles. The Labute approximate surface area is 233 Å². The van der Waals surface area contributed by atoms with Gasteiger partial charge in [-0.15, -0.1) is 0 Å². The van der Waals surface area contributed by atoms with Gasteiger partial charge in [0.1, 0.15) is 11.6 Å². The van der Waals surface area contributed by atoms with Gasteiger partial charge < -0.3 is 25.2 Å². The largest absolute Gasteiger partial charge is 0.359 e. The first-order valence-corrected chi connectivity index (χ1v) is 14.9. The number of likely N-dealkylation sites (N-methyl/N-ethyl adjacent to an activating group) is 1. The van der Waals surface area contributed by atoms with Crippen molar-refractivity contribution in [3.63, 3.8) is 0 Å². The number of hydrogen-bond donors (Lipinski definition) is 2. The molecule has 0 unspecified atom stereocenters. The minimum Gasteiger partial charge on any atom is -0.359 e. The van der Waals surface area contributed by atoms with Crippen molar-refractivity contribution >= 4 is 39.3 Å². The van der Waals surface area contributed by atoms with E-state index in [1.165, 1.54) is 6.42 Å². The highest BCUT2D eigenvalue weighted by atomic mass is 79.9. The van der Waals surface area contributed by atoms with Crippen LogP contribution in [0.1, 0.15) is 51.9 Å². The molecule has 3 heterocycles. The fraction of sp³-hybridized carbons (Fsp3) is 0.621. The molecule has 5 rings (SSSR count). The van der Waals surface area contributed by atoms with Crippen LogP contribution in [0.3, 0.4) is 0 Å². The highest BCUT2D eigenvalue weighted by Gasteiger charge is 2.72. The lowest BCUT2D eigenvalue weighted by atomic mass is 9.74. The van der Waals surface area contributed by atoms with E-state index >= 15 is 0 Å². The first-order chi connectivity index (χ1) is 18.3. The average molecular weight is 588 g/mol. The number of fused-ring (bicyclic) bond motifs is 1. The van der Waals surface area contributed by atoms with E-state index in [4.69, 9.17) is 4.74 Å². The summed E-state index contributed by atoms with van der Waals surface area (Å²) in [4.78, 5) is 45.4. The molecule has 2 saturated heterocycles. The first kappa shape index (κ1) is 27.3. The molecule has 1 aromatic rings. The zero-order chi connectivity index (χ0) is 26.9. The third-order valence-electron chi connectivity index (χ3n) is 8.60. The van der Waals surface area contributed by atoms with Crippen molar-refractivity contribution in [2.75, 3.05) is 32.0 Å². The molecule has 0 aromatic heterocycles. The molecule has 3 aliphatic heterocycles. The Kier molecular flexibility index (Phi) is 8.26. The van der Waals surface area contributed by atoms with Crippen LogP contribution in [-0.4, -0.2) is 78.0 Å². The van der Waals surface area contributed by atoms with Crippen LogP contribution in [0, 0.1) is 11.8 Å². The highest BCUT2D eigenvalue weighted by Crippen LogP contribution is 2.55. The predicted molar refractivity (Wildman–Crippen MR) is 149 cm³/mol. The summed E-state index contributed by atoms with van der Waals surface area (Å²) in [5.41, 5.74) is -0.463. The monoisotopic (exact) mass is 586 g/mol.